The third kappa shape index (κ3) is 4.07. The van der Waals surface area contributed by atoms with Crippen LogP contribution in [0.3, 0.4) is 0 Å². The maximum absolute atomic E-state index is 13.7. The Morgan fingerprint density at radius 1 is 1.07 bits per heavy atom. The van der Waals surface area contributed by atoms with Gasteiger partial charge in [-0.05, 0) is 37.1 Å². The summed E-state index contributed by atoms with van der Waals surface area (Å²) < 4.78 is 40.4. The van der Waals surface area contributed by atoms with Gasteiger partial charge in [-0.1, -0.05) is 24.3 Å². The van der Waals surface area contributed by atoms with E-state index in [4.69, 9.17) is 0 Å². The standard InChI is InChI=1S/C20H18FN3O3S2/c21-17-6-2-1-5-16(17)19(25)23-20-22-18(13-28-20)14-7-9-15(10-8-14)29(26,27)24-11-3-4-12-24/h1-2,5-10,13H,3-4,11-12H2,(H,22,23,25). The van der Waals surface area contributed by atoms with E-state index in [1.54, 1.807) is 35.7 Å². The molecule has 1 aromatic heterocycles. The zero-order valence-corrected chi connectivity index (χ0v) is 17.0. The highest BCUT2D eigenvalue weighted by Gasteiger charge is 2.27. The molecule has 3 aromatic rings. The minimum atomic E-state index is -3.46. The number of rotatable bonds is 5. The third-order valence-corrected chi connectivity index (χ3v) is 7.37. The van der Waals surface area contributed by atoms with Crippen LogP contribution in [0.5, 0.6) is 0 Å². The molecule has 0 radical (unpaired) electrons. The van der Waals surface area contributed by atoms with Crippen molar-refractivity contribution in [2.75, 3.05) is 18.4 Å². The third-order valence-electron chi connectivity index (χ3n) is 4.70. The van der Waals surface area contributed by atoms with Crippen molar-refractivity contribution >= 4 is 32.4 Å². The van der Waals surface area contributed by atoms with Gasteiger partial charge in [-0.25, -0.2) is 17.8 Å². The van der Waals surface area contributed by atoms with Crippen LogP contribution in [-0.4, -0.2) is 36.7 Å². The molecule has 4 rings (SSSR count). The molecule has 0 saturated carbocycles. The fraction of sp³-hybridized carbons (Fsp3) is 0.200. The van der Waals surface area contributed by atoms with Gasteiger partial charge in [0.25, 0.3) is 5.91 Å². The van der Waals surface area contributed by atoms with Gasteiger partial charge in [-0.15, -0.1) is 11.3 Å². The van der Waals surface area contributed by atoms with Crippen LogP contribution >= 0.6 is 11.3 Å². The number of hydrogen-bond donors (Lipinski definition) is 1. The number of carbonyl (C=O) groups is 1. The molecule has 9 heteroatoms. The average molecular weight is 432 g/mol. The van der Waals surface area contributed by atoms with E-state index < -0.39 is 21.7 Å². The number of benzene rings is 2. The molecule has 0 atom stereocenters. The van der Waals surface area contributed by atoms with E-state index in [0.717, 1.165) is 18.4 Å². The van der Waals surface area contributed by atoms with Crippen LogP contribution in [0.2, 0.25) is 0 Å². The lowest BCUT2D eigenvalue weighted by atomic mass is 10.2. The Morgan fingerprint density at radius 2 is 1.76 bits per heavy atom. The molecule has 150 valence electrons. The molecule has 29 heavy (non-hydrogen) atoms. The predicted molar refractivity (Wildman–Crippen MR) is 110 cm³/mol. The summed E-state index contributed by atoms with van der Waals surface area (Å²) in [5, 5.41) is 4.67. The molecule has 1 amide bonds. The van der Waals surface area contributed by atoms with E-state index in [1.807, 2.05) is 0 Å². The van der Waals surface area contributed by atoms with E-state index in [-0.39, 0.29) is 10.5 Å². The molecule has 0 unspecified atom stereocenters. The Balaban J connectivity index is 1.49. The van der Waals surface area contributed by atoms with Gasteiger partial charge >= 0.3 is 0 Å². The summed E-state index contributed by atoms with van der Waals surface area (Å²) in [5.41, 5.74) is 1.28. The highest BCUT2D eigenvalue weighted by molar-refractivity contribution is 7.89. The van der Waals surface area contributed by atoms with Gasteiger partial charge < -0.3 is 0 Å². The van der Waals surface area contributed by atoms with E-state index in [9.17, 15) is 17.6 Å². The Labute approximate surface area is 172 Å². The summed E-state index contributed by atoms with van der Waals surface area (Å²) in [6.45, 7) is 1.11. The van der Waals surface area contributed by atoms with E-state index >= 15 is 0 Å². The monoisotopic (exact) mass is 431 g/mol. The molecule has 1 saturated heterocycles. The Morgan fingerprint density at radius 3 is 2.45 bits per heavy atom. The number of thiazole rings is 1. The van der Waals surface area contributed by atoms with Crippen LogP contribution in [0.15, 0.2) is 58.8 Å². The Kier molecular flexibility index (Phi) is 5.44. The van der Waals surface area contributed by atoms with Gasteiger partial charge in [-0.3, -0.25) is 10.1 Å². The number of carbonyl (C=O) groups excluding carboxylic acids is 1. The zero-order valence-electron chi connectivity index (χ0n) is 15.3. The molecule has 2 aromatic carbocycles. The van der Waals surface area contributed by atoms with Crippen molar-refractivity contribution in [2.24, 2.45) is 0 Å². The largest absolute Gasteiger partial charge is 0.298 e. The molecule has 6 nitrogen and oxygen atoms in total. The van der Waals surface area contributed by atoms with Gasteiger partial charge in [0.2, 0.25) is 10.0 Å². The van der Waals surface area contributed by atoms with Crippen molar-refractivity contribution in [3.8, 4) is 11.3 Å². The average Bonchev–Trinajstić information content (AvgIpc) is 3.41. The summed E-state index contributed by atoms with van der Waals surface area (Å²) in [6, 6.07) is 12.3. The van der Waals surface area contributed by atoms with Crippen LogP contribution in [0.25, 0.3) is 11.3 Å². The van der Waals surface area contributed by atoms with Crippen molar-refractivity contribution in [3.63, 3.8) is 0 Å². The lowest BCUT2D eigenvalue weighted by Gasteiger charge is -2.15. The minimum absolute atomic E-state index is 0.0549. The second-order valence-corrected chi connectivity index (χ2v) is 9.40. The second-order valence-electron chi connectivity index (χ2n) is 6.61. The molecule has 1 fully saturated rings. The number of nitrogens with zero attached hydrogens (tertiary/aromatic N) is 2. The topological polar surface area (TPSA) is 79.4 Å². The molecule has 1 aliphatic rings. The van der Waals surface area contributed by atoms with Crippen molar-refractivity contribution in [1.29, 1.82) is 0 Å². The van der Waals surface area contributed by atoms with E-state index in [2.05, 4.69) is 10.3 Å². The van der Waals surface area contributed by atoms with Gasteiger partial charge in [0.1, 0.15) is 5.82 Å². The van der Waals surface area contributed by atoms with Gasteiger partial charge in [0.15, 0.2) is 5.13 Å². The quantitative estimate of drug-likeness (QED) is 0.663. The summed E-state index contributed by atoms with van der Waals surface area (Å²) in [4.78, 5) is 16.8. The van der Waals surface area contributed by atoms with Crippen LogP contribution < -0.4 is 5.32 Å². The van der Waals surface area contributed by atoms with Crippen LogP contribution in [0.4, 0.5) is 9.52 Å². The fourth-order valence-electron chi connectivity index (χ4n) is 3.15. The molecule has 0 bridgehead atoms. The smallest absolute Gasteiger partial charge is 0.260 e. The zero-order chi connectivity index (χ0) is 20.4. The second kappa shape index (κ2) is 8.02. The molecular formula is C20H18FN3O3S2. The van der Waals surface area contributed by atoms with Crippen molar-refractivity contribution in [3.05, 3.63) is 65.3 Å². The highest BCUT2D eigenvalue weighted by atomic mass is 32.2. The number of hydrogen-bond acceptors (Lipinski definition) is 5. The predicted octanol–water partition coefficient (Wildman–Crippen LogP) is 3.99. The summed E-state index contributed by atoms with van der Waals surface area (Å²) in [5.74, 6) is -1.17. The molecular weight excluding hydrogens is 413 g/mol. The summed E-state index contributed by atoms with van der Waals surface area (Å²) in [7, 11) is -3.46. The summed E-state index contributed by atoms with van der Waals surface area (Å²) >= 11 is 1.21. The van der Waals surface area contributed by atoms with Gasteiger partial charge in [0, 0.05) is 24.0 Å². The fourth-order valence-corrected chi connectivity index (χ4v) is 5.38. The number of halogens is 1. The first-order chi connectivity index (χ1) is 13.9. The lowest BCUT2D eigenvalue weighted by Crippen LogP contribution is -2.27. The number of nitrogens with one attached hydrogen (secondary N) is 1. The maximum atomic E-state index is 13.7. The lowest BCUT2D eigenvalue weighted by molar-refractivity contribution is 0.102. The normalized spacial score (nSPS) is 14.8. The van der Waals surface area contributed by atoms with Gasteiger partial charge in [0.05, 0.1) is 16.2 Å². The van der Waals surface area contributed by atoms with E-state index in [1.165, 1.54) is 33.8 Å². The SMILES string of the molecule is O=C(Nc1nc(-c2ccc(S(=O)(=O)N3CCCC3)cc2)cs1)c1ccccc1F. The first-order valence-electron chi connectivity index (χ1n) is 9.07. The molecule has 2 heterocycles. The molecule has 0 spiro atoms. The van der Waals surface area contributed by atoms with Crippen molar-refractivity contribution in [1.82, 2.24) is 9.29 Å². The number of amides is 1. The molecule has 0 aliphatic carbocycles. The first-order valence-corrected chi connectivity index (χ1v) is 11.4. The van der Waals surface area contributed by atoms with Crippen LogP contribution in [-0.2, 0) is 10.0 Å². The number of sulfonamides is 1. The first kappa shape index (κ1) is 19.7. The van der Waals surface area contributed by atoms with Crippen LogP contribution in [0.1, 0.15) is 23.2 Å². The highest BCUT2D eigenvalue weighted by Crippen LogP contribution is 2.28. The van der Waals surface area contributed by atoms with Crippen LogP contribution in [0, 0.1) is 5.82 Å². The minimum Gasteiger partial charge on any atom is -0.298 e. The number of anilines is 1. The van der Waals surface area contributed by atoms with Crippen molar-refractivity contribution < 1.29 is 17.6 Å². The molecule has 1 N–H and O–H groups in total. The van der Waals surface area contributed by atoms with Crippen molar-refractivity contribution in [2.45, 2.75) is 17.7 Å². The van der Waals surface area contributed by atoms with E-state index in [0.29, 0.717) is 23.9 Å². The Bertz CT molecular complexity index is 1140. The molecule has 1 aliphatic heterocycles. The number of aromatic nitrogens is 1. The van der Waals surface area contributed by atoms with Gasteiger partial charge in [-0.2, -0.15) is 4.31 Å². The Hall–Kier alpha value is -2.62. The maximum Gasteiger partial charge on any atom is 0.260 e. The summed E-state index contributed by atoms with van der Waals surface area (Å²) in [6.07, 6.45) is 1.77.